The third-order valence-corrected chi connectivity index (χ3v) is 4.25. The Bertz CT molecular complexity index is 669. The summed E-state index contributed by atoms with van der Waals surface area (Å²) in [5.74, 6) is 1.89. The highest BCUT2D eigenvalue weighted by Crippen LogP contribution is 2.15. The highest BCUT2D eigenvalue weighted by atomic mass is 32.2. The number of nitrogens with zero attached hydrogens (tertiary/aromatic N) is 1. The predicted octanol–water partition coefficient (Wildman–Crippen LogP) is 3.39. The molecule has 0 aromatic heterocycles. The van der Waals surface area contributed by atoms with Gasteiger partial charge >= 0.3 is 0 Å². The Labute approximate surface area is 140 Å². The van der Waals surface area contributed by atoms with Crippen LogP contribution in [0.2, 0.25) is 0 Å². The molecule has 0 aliphatic rings. The number of amides is 1. The summed E-state index contributed by atoms with van der Waals surface area (Å²) in [7, 11) is 1.62. The van der Waals surface area contributed by atoms with Crippen molar-refractivity contribution in [2.75, 3.05) is 12.9 Å². The highest BCUT2D eigenvalue weighted by molar-refractivity contribution is 7.99. The molecule has 1 amide bonds. The van der Waals surface area contributed by atoms with E-state index >= 15 is 0 Å². The molecular weight excluding hydrogens is 308 g/mol. The Morgan fingerprint density at radius 3 is 2.65 bits per heavy atom. The third kappa shape index (κ3) is 5.79. The fraction of sp³-hybridized carbons (Fsp3) is 0.222. The first kappa shape index (κ1) is 17.1. The van der Waals surface area contributed by atoms with Gasteiger partial charge in [0.2, 0.25) is 5.91 Å². The van der Waals surface area contributed by atoms with Gasteiger partial charge in [0.25, 0.3) is 0 Å². The molecule has 23 heavy (non-hydrogen) atoms. The van der Waals surface area contributed by atoms with Crippen LogP contribution < -0.4 is 10.2 Å². The van der Waals surface area contributed by atoms with Crippen LogP contribution in [-0.4, -0.2) is 25.0 Å². The zero-order valence-electron chi connectivity index (χ0n) is 13.3. The largest absolute Gasteiger partial charge is 0.497 e. The maximum absolute atomic E-state index is 11.7. The van der Waals surface area contributed by atoms with Crippen LogP contribution in [0.4, 0.5) is 0 Å². The summed E-state index contributed by atoms with van der Waals surface area (Å²) >= 11 is 1.58. The Hall–Kier alpha value is -2.27. The third-order valence-electron chi connectivity index (χ3n) is 3.27. The zero-order valence-corrected chi connectivity index (χ0v) is 14.1. The molecule has 0 fully saturated rings. The second kappa shape index (κ2) is 9.00. The minimum absolute atomic E-state index is 0.103. The summed E-state index contributed by atoms with van der Waals surface area (Å²) in [6.07, 6.45) is 1.61. The van der Waals surface area contributed by atoms with Gasteiger partial charge < -0.3 is 4.74 Å². The maximum atomic E-state index is 11.7. The molecule has 0 aliphatic heterocycles. The van der Waals surface area contributed by atoms with E-state index in [-0.39, 0.29) is 5.91 Å². The number of carbonyl (C=O) groups is 1. The lowest BCUT2D eigenvalue weighted by Gasteiger charge is -2.04. The summed E-state index contributed by atoms with van der Waals surface area (Å²) in [6.45, 7) is 2.08. The lowest BCUT2D eigenvalue weighted by molar-refractivity contribution is -0.118. The quantitative estimate of drug-likeness (QED) is 0.626. The number of nitrogens with one attached hydrogen (secondary N) is 1. The van der Waals surface area contributed by atoms with Gasteiger partial charge in [-0.3, -0.25) is 4.79 Å². The number of ether oxygens (including phenoxy) is 1. The smallest absolute Gasteiger partial charge is 0.250 e. The van der Waals surface area contributed by atoms with E-state index in [4.69, 9.17) is 4.74 Å². The highest BCUT2D eigenvalue weighted by Gasteiger charge is 2.02. The molecule has 2 aromatic carbocycles. The van der Waals surface area contributed by atoms with Crippen LogP contribution in [0, 0.1) is 6.92 Å². The Balaban J connectivity index is 1.72. The number of thioether (sulfide) groups is 1. The molecule has 0 spiro atoms. The summed E-state index contributed by atoms with van der Waals surface area (Å²) in [6, 6.07) is 15.6. The number of rotatable bonds is 7. The van der Waals surface area contributed by atoms with Crippen molar-refractivity contribution in [3.63, 3.8) is 0 Å². The molecule has 120 valence electrons. The van der Waals surface area contributed by atoms with Crippen molar-refractivity contribution in [2.45, 2.75) is 12.7 Å². The van der Waals surface area contributed by atoms with Crippen molar-refractivity contribution in [1.82, 2.24) is 5.43 Å². The van der Waals surface area contributed by atoms with E-state index < -0.39 is 0 Å². The van der Waals surface area contributed by atoms with Crippen LogP contribution in [0.3, 0.4) is 0 Å². The SMILES string of the molecule is COc1ccc(/C=N\NC(=O)CSCc2ccccc2C)cc1. The first-order valence-corrected chi connectivity index (χ1v) is 8.42. The molecule has 0 saturated carbocycles. The molecule has 4 nitrogen and oxygen atoms in total. The maximum Gasteiger partial charge on any atom is 0.250 e. The summed E-state index contributed by atoms with van der Waals surface area (Å²) in [4.78, 5) is 11.7. The fourth-order valence-corrected chi connectivity index (χ4v) is 2.82. The molecule has 5 heteroatoms. The van der Waals surface area contributed by atoms with Crippen LogP contribution in [0.15, 0.2) is 53.6 Å². The van der Waals surface area contributed by atoms with Gasteiger partial charge in [0.15, 0.2) is 0 Å². The summed E-state index contributed by atoms with van der Waals surface area (Å²) < 4.78 is 5.08. The van der Waals surface area contributed by atoms with Gasteiger partial charge in [-0.15, -0.1) is 11.8 Å². The summed E-state index contributed by atoms with van der Waals surface area (Å²) in [5.41, 5.74) is 5.95. The van der Waals surface area contributed by atoms with Gasteiger partial charge in [0.1, 0.15) is 5.75 Å². The Kier molecular flexibility index (Phi) is 6.69. The van der Waals surface area contributed by atoms with Gasteiger partial charge in [0, 0.05) is 5.75 Å². The molecule has 1 N–H and O–H groups in total. The van der Waals surface area contributed by atoms with Gasteiger partial charge in [0.05, 0.1) is 19.1 Å². The topological polar surface area (TPSA) is 50.7 Å². The number of aryl methyl sites for hydroxylation is 1. The predicted molar refractivity (Wildman–Crippen MR) is 96.1 cm³/mol. The van der Waals surface area contributed by atoms with Crippen molar-refractivity contribution >= 4 is 23.9 Å². The molecule has 0 unspecified atom stereocenters. The lowest BCUT2D eigenvalue weighted by Crippen LogP contribution is -2.19. The Morgan fingerprint density at radius 1 is 1.22 bits per heavy atom. The van der Waals surface area contributed by atoms with E-state index in [2.05, 4.69) is 29.6 Å². The minimum Gasteiger partial charge on any atom is -0.497 e. The molecular formula is C18H20N2O2S. The second-order valence-corrected chi connectivity index (χ2v) is 5.97. The molecule has 0 aliphatic carbocycles. The molecule has 0 radical (unpaired) electrons. The number of hydrogen-bond donors (Lipinski definition) is 1. The molecule has 0 heterocycles. The van der Waals surface area contributed by atoms with Crippen LogP contribution in [0.25, 0.3) is 0 Å². The monoisotopic (exact) mass is 328 g/mol. The minimum atomic E-state index is -0.103. The van der Waals surface area contributed by atoms with Crippen molar-refractivity contribution in [1.29, 1.82) is 0 Å². The second-order valence-electron chi connectivity index (χ2n) is 4.99. The Morgan fingerprint density at radius 2 is 1.96 bits per heavy atom. The van der Waals surface area contributed by atoms with E-state index in [0.717, 1.165) is 17.1 Å². The van der Waals surface area contributed by atoms with Crippen LogP contribution >= 0.6 is 11.8 Å². The molecule has 2 aromatic rings. The number of benzene rings is 2. The van der Waals surface area contributed by atoms with Crippen LogP contribution in [0.5, 0.6) is 5.75 Å². The zero-order chi connectivity index (χ0) is 16.5. The van der Waals surface area contributed by atoms with Gasteiger partial charge in [-0.25, -0.2) is 5.43 Å². The van der Waals surface area contributed by atoms with Gasteiger partial charge in [-0.2, -0.15) is 5.10 Å². The lowest BCUT2D eigenvalue weighted by atomic mass is 10.1. The average molecular weight is 328 g/mol. The molecule has 0 atom stereocenters. The fourth-order valence-electron chi connectivity index (χ4n) is 1.93. The number of methoxy groups -OCH3 is 1. The van der Waals surface area contributed by atoms with E-state index in [9.17, 15) is 4.79 Å². The van der Waals surface area contributed by atoms with Gasteiger partial charge in [-0.05, 0) is 47.9 Å². The molecule has 0 bridgehead atoms. The number of hydrazone groups is 1. The number of hydrogen-bond acceptors (Lipinski definition) is 4. The first-order chi connectivity index (χ1) is 11.2. The van der Waals surface area contributed by atoms with Crippen molar-refractivity contribution in [3.8, 4) is 5.75 Å². The molecule has 0 saturated heterocycles. The standard InChI is InChI=1S/C18H20N2O2S/c1-14-5-3-4-6-16(14)12-23-13-18(21)20-19-11-15-7-9-17(22-2)10-8-15/h3-11H,12-13H2,1-2H3,(H,20,21)/b19-11-. The van der Waals surface area contributed by atoms with E-state index in [1.54, 1.807) is 25.1 Å². The van der Waals surface area contributed by atoms with E-state index in [1.807, 2.05) is 36.4 Å². The van der Waals surface area contributed by atoms with Crippen molar-refractivity contribution < 1.29 is 9.53 Å². The van der Waals surface area contributed by atoms with Crippen molar-refractivity contribution in [3.05, 3.63) is 65.2 Å². The van der Waals surface area contributed by atoms with Crippen LogP contribution in [-0.2, 0) is 10.5 Å². The normalized spacial score (nSPS) is 10.7. The van der Waals surface area contributed by atoms with E-state index in [0.29, 0.717) is 5.75 Å². The van der Waals surface area contributed by atoms with Crippen molar-refractivity contribution in [2.24, 2.45) is 5.10 Å². The molecule has 2 rings (SSSR count). The average Bonchev–Trinajstić information content (AvgIpc) is 2.57. The van der Waals surface area contributed by atoms with E-state index in [1.165, 1.54) is 11.1 Å². The van der Waals surface area contributed by atoms with Gasteiger partial charge in [-0.1, -0.05) is 24.3 Å². The number of carbonyl (C=O) groups excluding carboxylic acids is 1. The first-order valence-electron chi connectivity index (χ1n) is 7.27. The van der Waals surface area contributed by atoms with Crippen LogP contribution in [0.1, 0.15) is 16.7 Å². The summed E-state index contributed by atoms with van der Waals surface area (Å²) in [5, 5.41) is 3.96.